The highest BCUT2D eigenvalue weighted by atomic mass is 35.5. The molecule has 5 nitrogen and oxygen atoms in total. The van der Waals surface area contributed by atoms with Crippen LogP contribution in [0.4, 0.5) is 11.4 Å². The lowest BCUT2D eigenvalue weighted by Gasteiger charge is -2.35. The number of rotatable bonds is 5. The van der Waals surface area contributed by atoms with E-state index < -0.39 is 0 Å². The Kier molecular flexibility index (Phi) is 6.01. The minimum atomic E-state index is -0.205. The van der Waals surface area contributed by atoms with E-state index in [2.05, 4.69) is 22.2 Å². The summed E-state index contributed by atoms with van der Waals surface area (Å²) in [7, 11) is 2.11. The van der Waals surface area contributed by atoms with E-state index in [0.717, 1.165) is 43.1 Å². The average molecular weight is 374 g/mol. The number of hydrogen-bond donors (Lipinski definition) is 1. The molecule has 0 bridgehead atoms. The van der Waals surface area contributed by atoms with Crippen molar-refractivity contribution in [1.29, 1.82) is 0 Å². The standard InChI is InChI=1S/C20H24ClN3O2/c1-15-6-8-16(9-7-15)26-14-19(25)22-18-5-3-4-17(21)20(18)24-12-10-23(2)11-13-24/h3-9H,10-14H2,1-2H3,(H,22,25). The molecule has 0 aromatic heterocycles. The first-order valence-corrected chi connectivity index (χ1v) is 9.12. The zero-order valence-corrected chi connectivity index (χ0v) is 15.9. The van der Waals surface area contributed by atoms with Gasteiger partial charge in [-0.2, -0.15) is 0 Å². The summed E-state index contributed by atoms with van der Waals surface area (Å²) < 4.78 is 5.56. The van der Waals surface area contributed by atoms with Gasteiger partial charge in [-0.3, -0.25) is 4.79 Å². The van der Waals surface area contributed by atoms with Crippen LogP contribution in [0.3, 0.4) is 0 Å². The summed E-state index contributed by atoms with van der Waals surface area (Å²) in [5.74, 6) is 0.472. The Bertz CT molecular complexity index is 756. The number of likely N-dealkylation sites (N-methyl/N-ethyl adjacent to an activating group) is 1. The van der Waals surface area contributed by atoms with Gasteiger partial charge in [0.1, 0.15) is 5.75 Å². The molecule has 1 fully saturated rings. The number of nitrogens with one attached hydrogen (secondary N) is 1. The van der Waals surface area contributed by atoms with Gasteiger partial charge in [0.15, 0.2) is 6.61 Å². The molecule has 0 radical (unpaired) electrons. The van der Waals surface area contributed by atoms with Crippen molar-refractivity contribution in [1.82, 2.24) is 4.90 Å². The second kappa shape index (κ2) is 8.43. The van der Waals surface area contributed by atoms with E-state index in [1.807, 2.05) is 49.4 Å². The van der Waals surface area contributed by atoms with E-state index in [4.69, 9.17) is 16.3 Å². The number of piperazine rings is 1. The van der Waals surface area contributed by atoms with E-state index in [1.165, 1.54) is 0 Å². The Morgan fingerprint density at radius 2 is 1.81 bits per heavy atom. The molecule has 0 saturated carbocycles. The number of halogens is 1. The summed E-state index contributed by atoms with van der Waals surface area (Å²) in [6, 6.07) is 13.2. The zero-order valence-electron chi connectivity index (χ0n) is 15.2. The molecule has 0 unspecified atom stereocenters. The topological polar surface area (TPSA) is 44.8 Å². The smallest absolute Gasteiger partial charge is 0.262 e. The number of anilines is 2. The molecule has 1 N–H and O–H groups in total. The third-order valence-electron chi connectivity index (χ3n) is 4.47. The second-order valence-corrected chi connectivity index (χ2v) is 6.98. The summed E-state index contributed by atoms with van der Waals surface area (Å²) >= 11 is 6.43. The number of aryl methyl sites for hydroxylation is 1. The molecule has 6 heteroatoms. The fraction of sp³-hybridized carbons (Fsp3) is 0.350. The number of hydrogen-bond acceptors (Lipinski definition) is 4. The van der Waals surface area contributed by atoms with Crippen molar-refractivity contribution in [2.24, 2.45) is 0 Å². The summed E-state index contributed by atoms with van der Waals surface area (Å²) in [4.78, 5) is 16.8. The van der Waals surface area contributed by atoms with Gasteiger partial charge >= 0.3 is 0 Å². The number of nitrogens with zero attached hydrogens (tertiary/aromatic N) is 2. The highest BCUT2D eigenvalue weighted by Gasteiger charge is 2.20. The molecule has 1 amide bonds. The first kappa shape index (κ1) is 18.5. The quantitative estimate of drug-likeness (QED) is 0.872. The van der Waals surface area contributed by atoms with Crippen LogP contribution < -0.4 is 15.0 Å². The van der Waals surface area contributed by atoms with E-state index in [1.54, 1.807) is 0 Å². The van der Waals surface area contributed by atoms with Crippen LogP contribution in [0.5, 0.6) is 5.75 Å². The molecule has 26 heavy (non-hydrogen) atoms. The van der Waals surface area contributed by atoms with Gasteiger partial charge in [0.25, 0.3) is 5.91 Å². The van der Waals surface area contributed by atoms with E-state index in [9.17, 15) is 4.79 Å². The number of ether oxygens (including phenoxy) is 1. The van der Waals surface area contributed by atoms with E-state index in [0.29, 0.717) is 10.8 Å². The summed E-state index contributed by atoms with van der Waals surface area (Å²) in [6.45, 7) is 5.66. The van der Waals surface area contributed by atoms with Crippen LogP contribution in [0.1, 0.15) is 5.56 Å². The lowest BCUT2D eigenvalue weighted by molar-refractivity contribution is -0.118. The third kappa shape index (κ3) is 4.68. The molecule has 0 aliphatic carbocycles. The molecular weight excluding hydrogens is 350 g/mol. The minimum Gasteiger partial charge on any atom is -0.484 e. The van der Waals surface area contributed by atoms with Crippen LogP contribution in [0.15, 0.2) is 42.5 Å². The van der Waals surface area contributed by atoms with Crippen LogP contribution in [-0.2, 0) is 4.79 Å². The number of carbonyl (C=O) groups excluding carboxylic acids is 1. The van der Waals surface area contributed by atoms with Crippen molar-refractivity contribution < 1.29 is 9.53 Å². The van der Waals surface area contributed by atoms with E-state index in [-0.39, 0.29) is 12.5 Å². The summed E-state index contributed by atoms with van der Waals surface area (Å²) in [6.07, 6.45) is 0. The summed E-state index contributed by atoms with van der Waals surface area (Å²) in [5, 5.41) is 3.58. The number of carbonyl (C=O) groups is 1. The van der Waals surface area contributed by atoms with Crippen molar-refractivity contribution in [3.63, 3.8) is 0 Å². The van der Waals surface area contributed by atoms with Gasteiger partial charge in [0.05, 0.1) is 16.4 Å². The largest absolute Gasteiger partial charge is 0.484 e. The highest BCUT2D eigenvalue weighted by molar-refractivity contribution is 6.34. The average Bonchev–Trinajstić information content (AvgIpc) is 2.63. The van der Waals surface area contributed by atoms with Gasteiger partial charge in [-0.15, -0.1) is 0 Å². The van der Waals surface area contributed by atoms with Crippen molar-refractivity contribution in [3.05, 3.63) is 53.1 Å². The third-order valence-corrected chi connectivity index (χ3v) is 4.78. The van der Waals surface area contributed by atoms with Crippen LogP contribution in [0.2, 0.25) is 5.02 Å². The Balaban J connectivity index is 1.66. The van der Waals surface area contributed by atoms with Gasteiger partial charge in [-0.1, -0.05) is 35.4 Å². The van der Waals surface area contributed by atoms with Crippen molar-refractivity contribution in [2.45, 2.75) is 6.92 Å². The number of para-hydroxylation sites is 1. The number of amides is 1. The Morgan fingerprint density at radius 1 is 1.12 bits per heavy atom. The number of benzene rings is 2. The predicted octanol–water partition coefficient (Wildman–Crippen LogP) is 3.42. The Labute approximate surface area is 159 Å². The monoisotopic (exact) mass is 373 g/mol. The molecule has 1 heterocycles. The van der Waals surface area contributed by atoms with Crippen LogP contribution in [0, 0.1) is 6.92 Å². The lowest BCUT2D eigenvalue weighted by atomic mass is 10.2. The lowest BCUT2D eigenvalue weighted by Crippen LogP contribution is -2.45. The molecule has 1 aliphatic rings. The maximum absolute atomic E-state index is 12.3. The van der Waals surface area contributed by atoms with Gasteiger partial charge < -0.3 is 19.9 Å². The normalized spacial score (nSPS) is 15.0. The SMILES string of the molecule is Cc1ccc(OCC(=O)Nc2cccc(Cl)c2N2CCN(C)CC2)cc1. The van der Waals surface area contributed by atoms with Crippen molar-refractivity contribution >= 4 is 28.9 Å². The Hall–Kier alpha value is -2.24. The minimum absolute atomic E-state index is 0.0439. The van der Waals surface area contributed by atoms with Crippen molar-refractivity contribution in [3.8, 4) is 5.75 Å². The fourth-order valence-electron chi connectivity index (χ4n) is 2.94. The molecule has 1 aliphatic heterocycles. The van der Waals surface area contributed by atoms with Gasteiger partial charge in [0, 0.05) is 26.2 Å². The van der Waals surface area contributed by atoms with Gasteiger partial charge in [-0.05, 0) is 38.2 Å². The molecule has 0 spiro atoms. The maximum Gasteiger partial charge on any atom is 0.262 e. The molecule has 0 atom stereocenters. The Morgan fingerprint density at radius 3 is 2.50 bits per heavy atom. The van der Waals surface area contributed by atoms with E-state index >= 15 is 0 Å². The van der Waals surface area contributed by atoms with Crippen molar-refractivity contribution in [2.75, 3.05) is 50.1 Å². The molecule has 3 rings (SSSR count). The van der Waals surface area contributed by atoms with Gasteiger partial charge in [-0.25, -0.2) is 0 Å². The van der Waals surface area contributed by atoms with Crippen LogP contribution in [-0.4, -0.2) is 50.6 Å². The molecule has 1 saturated heterocycles. The highest BCUT2D eigenvalue weighted by Crippen LogP contribution is 2.34. The second-order valence-electron chi connectivity index (χ2n) is 6.58. The fourth-order valence-corrected chi connectivity index (χ4v) is 3.23. The molecule has 2 aromatic carbocycles. The molecular formula is C20H24ClN3O2. The first-order valence-electron chi connectivity index (χ1n) is 8.74. The predicted molar refractivity (Wildman–Crippen MR) is 106 cm³/mol. The zero-order chi connectivity index (χ0) is 18.5. The molecule has 138 valence electrons. The maximum atomic E-state index is 12.3. The van der Waals surface area contributed by atoms with Crippen LogP contribution >= 0.6 is 11.6 Å². The van der Waals surface area contributed by atoms with Crippen LogP contribution in [0.25, 0.3) is 0 Å². The first-order chi connectivity index (χ1) is 12.5. The van der Waals surface area contributed by atoms with Gasteiger partial charge in [0.2, 0.25) is 0 Å². The molecule has 2 aromatic rings. The summed E-state index contributed by atoms with van der Waals surface area (Å²) in [5.41, 5.74) is 2.75.